The number of furan rings is 1. The van der Waals surface area contributed by atoms with Gasteiger partial charge in [-0.3, -0.25) is 9.13 Å². The molecule has 0 aliphatic heterocycles. The van der Waals surface area contributed by atoms with Crippen LogP contribution in [-0.2, 0) is 0 Å². The average molecular weight is 1370 g/mol. The third-order valence-electron chi connectivity index (χ3n) is 21.8. The molecule has 8 aromatic heterocycles. The number of benzene rings is 16. The fourth-order valence-corrected chi connectivity index (χ4v) is 18.2. The maximum atomic E-state index is 6.48. The van der Waals surface area contributed by atoms with E-state index in [1.54, 1.807) is 11.3 Å². The van der Waals surface area contributed by atoms with Crippen molar-refractivity contribution in [3.05, 3.63) is 340 Å². The van der Waals surface area contributed by atoms with Gasteiger partial charge in [0, 0.05) is 86.5 Å². The van der Waals surface area contributed by atoms with Gasteiger partial charge in [-0.15, -0.1) is 11.3 Å². The number of rotatable bonds is 6. The number of nitrogens with zero attached hydrogens (tertiary/aromatic N) is 8. The van der Waals surface area contributed by atoms with Gasteiger partial charge in [-0.2, -0.15) is 0 Å². The van der Waals surface area contributed by atoms with Crippen molar-refractivity contribution >= 4 is 184 Å². The van der Waals surface area contributed by atoms with E-state index in [0.29, 0.717) is 5.71 Å². The monoisotopic (exact) mass is 1370 g/mol. The van der Waals surface area contributed by atoms with Gasteiger partial charge in [0.15, 0.2) is 11.6 Å². The summed E-state index contributed by atoms with van der Waals surface area (Å²) in [5, 5.41) is 21.0. The van der Waals surface area contributed by atoms with Crippen LogP contribution in [0, 0.1) is 0 Å². The van der Waals surface area contributed by atoms with Crippen molar-refractivity contribution < 1.29 is 4.42 Å². The van der Waals surface area contributed by atoms with Crippen LogP contribution in [0.15, 0.2) is 344 Å². The molecule has 0 atom stereocenters. The smallest absolute Gasteiger partial charge is 0.247 e. The minimum atomic E-state index is 0.518. The van der Waals surface area contributed by atoms with Crippen molar-refractivity contribution in [2.75, 3.05) is 0 Å². The zero-order valence-corrected chi connectivity index (χ0v) is 57.5. The summed E-state index contributed by atoms with van der Waals surface area (Å²) in [4.78, 5) is 23.4. The molecule has 0 radical (unpaired) electrons. The molecule has 24 aromatic rings. The van der Waals surface area contributed by atoms with E-state index in [-0.39, 0.29) is 0 Å². The lowest BCUT2D eigenvalue weighted by Gasteiger charge is -2.15. The summed E-state index contributed by atoms with van der Waals surface area (Å²) >= 11 is 1.71. The molecule has 16 aromatic carbocycles. The molecule has 24 rings (SSSR count). The Balaban J connectivity index is 0.000000129. The van der Waals surface area contributed by atoms with Crippen molar-refractivity contribution in [2.24, 2.45) is 0 Å². The molecule has 492 valence electrons. The summed E-state index contributed by atoms with van der Waals surface area (Å²) in [6.45, 7) is 0. The van der Waals surface area contributed by atoms with Crippen molar-refractivity contribution in [1.82, 2.24) is 38.2 Å². The summed E-state index contributed by atoms with van der Waals surface area (Å²) in [5.41, 5.74) is 17.8. The van der Waals surface area contributed by atoms with E-state index in [2.05, 4.69) is 340 Å². The summed E-state index contributed by atoms with van der Waals surface area (Å²) in [5.74, 6) is 1.59. The lowest BCUT2D eigenvalue weighted by Crippen LogP contribution is -2.04. The molecule has 0 fully saturated rings. The van der Waals surface area contributed by atoms with Crippen LogP contribution in [0.4, 0.5) is 0 Å². The van der Waals surface area contributed by atoms with Gasteiger partial charge in [-0.25, -0.2) is 19.9 Å². The highest BCUT2D eigenvalue weighted by atomic mass is 32.1. The molecule has 0 bridgehead atoms. The Hall–Kier alpha value is -14.1. The number of aromatic nitrogens is 8. The standard InChI is InChI=1S/C48H28N4O.C48H28N4S/c1-2-16-32(17-3-1)51-39-22-10-8-19-35(39)43-37(21-12-23-40(43)51)44-47(49-45-36-20-9-11-24-42(36)53-48(45)50-44)52-41-28-31-15-5-4-14-30(31)27-38(41)34-26-25-29-13-6-7-18-33(29)46(34)52;1-2-16-32(17-3-1)51-38-22-10-8-19-34(38)44-36(21-12-23-39(44)51)45-47(49-46-35-20-9-11-24-42(35)53-48(46)50-45)52-40-26-25-29-13-6-7-18-33(29)43(40)37-27-30-14-4-5-15-31(30)28-41(37)52/h2*1-28H. The van der Waals surface area contributed by atoms with Gasteiger partial charge < -0.3 is 13.6 Å². The van der Waals surface area contributed by atoms with Crippen LogP contribution in [-0.4, -0.2) is 38.2 Å². The molecule has 0 N–H and O–H groups in total. The van der Waals surface area contributed by atoms with Gasteiger partial charge in [0.25, 0.3) is 0 Å². The Bertz CT molecular complexity index is 7830. The number of hydrogen-bond acceptors (Lipinski definition) is 6. The van der Waals surface area contributed by atoms with Crippen LogP contribution in [0.2, 0.25) is 0 Å². The highest BCUT2D eigenvalue weighted by molar-refractivity contribution is 7.25. The first kappa shape index (κ1) is 58.6. The second-order valence-corrected chi connectivity index (χ2v) is 28.6. The summed E-state index contributed by atoms with van der Waals surface area (Å²) < 4.78 is 17.1. The molecular weight excluding hydrogens is 1310 g/mol. The van der Waals surface area contributed by atoms with E-state index in [0.717, 1.165) is 138 Å². The van der Waals surface area contributed by atoms with Gasteiger partial charge in [0.2, 0.25) is 5.71 Å². The van der Waals surface area contributed by atoms with Crippen molar-refractivity contribution in [3.63, 3.8) is 0 Å². The van der Waals surface area contributed by atoms with Crippen molar-refractivity contribution in [2.45, 2.75) is 0 Å². The molecule has 8 heterocycles. The summed E-state index contributed by atoms with van der Waals surface area (Å²) in [7, 11) is 0. The fourth-order valence-electron chi connectivity index (χ4n) is 17.2. The second-order valence-electron chi connectivity index (χ2n) is 27.5. The van der Waals surface area contributed by atoms with Crippen molar-refractivity contribution in [1.29, 1.82) is 0 Å². The molecule has 0 saturated carbocycles. The maximum Gasteiger partial charge on any atom is 0.247 e. The quantitative estimate of drug-likeness (QED) is 0.166. The Morgan fingerprint density at radius 3 is 1.37 bits per heavy atom. The molecule has 9 nitrogen and oxygen atoms in total. The number of fused-ring (bicyclic) bond motifs is 24. The molecular formula is C96H56N8OS. The highest BCUT2D eigenvalue weighted by Crippen LogP contribution is 2.48. The topological polar surface area (TPSA) is 84.4 Å². The molecule has 0 spiro atoms. The molecule has 0 saturated heterocycles. The van der Waals surface area contributed by atoms with E-state index < -0.39 is 0 Å². The third-order valence-corrected chi connectivity index (χ3v) is 22.8. The first-order valence-corrected chi connectivity index (χ1v) is 36.7. The first-order chi connectivity index (χ1) is 52.6. The molecule has 10 heteroatoms. The number of thiophene rings is 1. The molecule has 0 unspecified atom stereocenters. The van der Waals surface area contributed by atoms with Crippen LogP contribution < -0.4 is 0 Å². The fraction of sp³-hybridized carbons (Fsp3) is 0. The average Bonchev–Trinajstić information content (AvgIpc) is 1.55. The Morgan fingerprint density at radius 1 is 0.255 bits per heavy atom. The Kier molecular flexibility index (Phi) is 12.6. The zero-order chi connectivity index (χ0) is 69.2. The lowest BCUT2D eigenvalue weighted by molar-refractivity contribution is 0.653. The van der Waals surface area contributed by atoms with Gasteiger partial charge >= 0.3 is 0 Å². The lowest BCUT2D eigenvalue weighted by atomic mass is 10.0. The Morgan fingerprint density at radius 2 is 0.717 bits per heavy atom. The van der Waals surface area contributed by atoms with Gasteiger partial charge in [0.1, 0.15) is 32.8 Å². The SMILES string of the molecule is c1ccc(-n2c3ccccc3c3c(-c4nc5oc6ccccc6c5nc4-n4c5cc6ccccc6cc5c5ccc6ccccc6c54)cccc32)cc1.c1ccc(-n2c3ccccc3c3c(-c4nc5sc6ccccc6c5nc4-n4c5cc6ccccc6cc5c5c6ccccc6ccc54)cccc32)cc1. The molecule has 0 amide bonds. The minimum absolute atomic E-state index is 0.518. The van der Waals surface area contributed by atoms with E-state index in [9.17, 15) is 0 Å². The summed E-state index contributed by atoms with van der Waals surface area (Å²) in [6, 6.07) is 121. The molecule has 0 aliphatic rings. The van der Waals surface area contributed by atoms with E-state index in [1.807, 2.05) is 18.2 Å². The van der Waals surface area contributed by atoms with Gasteiger partial charge in [-0.1, -0.05) is 243 Å². The number of hydrogen-bond donors (Lipinski definition) is 0. The van der Waals surface area contributed by atoms with E-state index in [4.69, 9.17) is 24.4 Å². The number of para-hydroxylation sites is 5. The zero-order valence-electron chi connectivity index (χ0n) is 56.7. The maximum absolute atomic E-state index is 6.48. The predicted molar refractivity (Wildman–Crippen MR) is 442 cm³/mol. The van der Waals surface area contributed by atoms with Gasteiger partial charge in [0.05, 0.1) is 44.1 Å². The van der Waals surface area contributed by atoms with Crippen LogP contribution in [0.1, 0.15) is 0 Å². The van der Waals surface area contributed by atoms with E-state index >= 15 is 0 Å². The minimum Gasteiger partial charge on any atom is -0.436 e. The van der Waals surface area contributed by atoms with Crippen LogP contribution in [0.5, 0.6) is 0 Å². The predicted octanol–water partition coefficient (Wildman–Crippen LogP) is 25.6. The van der Waals surface area contributed by atoms with Gasteiger partial charge in [-0.05, 0) is 135 Å². The Labute approximate surface area is 608 Å². The normalized spacial score (nSPS) is 12.2. The molecule has 0 aliphatic carbocycles. The van der Waals surface area contributed by atoms with Crippen molar-refractivity contribution in [3.8, 4) is 45.5 Å². The van der Waals surface area contributed by atoms with Crippen LogP contribution in [0.25, 0.3) is 218 Å². The second kappa shape index (κ2) is 22.7. The molecule has 106 heavy (non-hydrogen) atoms. The summed E-state index contributed by atoms with van der Waals surface area (Å²) in [6.07, 6.45) is 0. The van der Waals surface area contributed by atoms with Crippen LogP contribution in [0.3, 0.4) is 0 Å². The largest absolute Gasteiger partial charge is 0.436 e. The highest BCUT2D eigenvalue weighted by Gasteiger charge is 2.29. The van der Waals surface area contributed by atoms with E-state index in [1.165, 1.54) is 74.7 Å². The first-order valence-electron chi connectivity index (χ1n) is 35.8. The van der Waals surface area contributed by atoms with Crippen LogP contribution >= 0.6 is 11.3 Å². The third kappa shape index (κ3) is 8.58.